The quantitative estimate of drug-likeness (QED) is 0.571. The van der Waals surface area contributed by atoms with Gasteiger partial charge in [-0.2, -0.15) is 0 Å². The number of hydrogen-bond acceptors (Lipinski definition) is 5. The Hall–Kier alpha value is -1.82. The minimum Gasteiger partial charge on any atom is -0.271 e. The molecule has 0 amide bonds. The summed E-state index contributed by atoms with van der Waals surface area (Å²) in [7, 11) is 0. The summed E-state index contributed by atoms with van der Waals surface area (Å²) in [5.74, 6) is 5.68. The van der Waals surface area contributed by atoms with Gasteiger partial charge in [0.05, 0.1) is 27.0 Å². The lowest BCUT2D eigenvalue weighted by Gasteiger charge is -2.14. The highest BCUT2D eigenvalue weighted by Crippen LogP contribution is 2.25. The molecule has 3 aromatic rings. The maximum absolute atomic E-state index is 5.68. The third kappa shape index (κ3) is 2.70. The maximum Gasteiger partial charge on any atom is 0.0958 e. The van der Waals surface area contributed by atoms with Crippen LogP contribution in [0, 0.1) is 6.92 Å². The first-order valence-corrected chi connectivity index (χ1v) is 7.31. The van der Waals surface area contributed by atoms with Crippen molar-refractivity contribution >= 4 is 21.6 Å². The predicted octanol–water partition coefficient (Wildman–Crippen LogP) is 2.75. The van der Waals surface area contributed by atoms with E-state index in [2.05, 4.69) is 34.5 Å². The number of hydrogen-bond donors (Lipinski definition) is 2. The summed E-state index contributed by atoms with van der Waals surface area (Å²) in [4.78, 5) is 9.04. The lowest BCUT2D eigenvalue weighted by molar-refractivity contribution is 0.537. The molecule has 0 radical (unpaired) electrons. The molecule has 2 heterocycles. The van der Waals surface area contributed by atoms with E-state index in [1.54, 1.807) is 11.3 Å². The van der Waals surface area contributed by atoms with Gasteiger partial charge in [-0.05, 0) is 36.8 Å². The molecule has 0 spiro atoms. The number of pyridine rings is 1. The zero-order chi connectivity index (χ0) is 13.9. The van der Waals surface area contributed by atoms with Crippen molar-refractivity contribution in [3.8, 4) is 0 Å². The van der Waals surface area contributed by atoms with Crippen LogP contribution in [-0.2, 0) is 6.42 Å². The van der Waals surface area contributed by atoms with Gasteiger partial charge >= 0.3 is 0 Å². The molecule has 0 bridgehead atoms. The Balaban J connectivity index is 1.87. The molecule has 5 heteroatoms. The fourth-order valence-electron chi connectivity index (χ4n) is 2.18. The molecule has 1 aromatic carbocycles. The van der Waals surface area contributed by atoms with Gasteiger partial charge in [-0.15, -0.1) is 11.3 Å². The van der Waals surface area contributed by atoms with Crippen LogP contribution in [0.15, 0.2) is 42.6 Å². The summed E-state index contributed by atoms with van der Waals surface area (Å²) in [5.41, 5.74) is 6.02. The van der Waals surface area contributed by atoms with Crippen LogP contribution >= 0.6 is 11.3 Å². The molecule has 0 saturated carbocycles. The first-order valence-electron chi connectivity index (χ1n) is 6.49. The fourth-order valence-corrected chi connectivity index (χ4v) is 3.19. The Morgan fingerprint density at radius 3 is 2.90 bits per heavy atom. The van der Waals surface area contributed by atoms with Crippen molar-refractivity contribution in [2.75, 3.05) is 0 Å². The highest BCUT2D eigenvalue weighted by Gasteiger charge is 2.15. The number of benzene rings is 1. The van der Waals surface area contributed by atoms with E-state index in [4.69, 9.17) is 5.84 Å². The van der Waals surface area contributed by atoms with E-state index in [0.717, 1.165) is 22.6 Å². The third-order valence-corrected chi connectivity index (χ3v) is 4.27. The van der Waals surface area contributed by atoms with Crippen LogP contribution in [0.1, 0.15) is 22.3 Å². The number of aromatic nitrogens is 2. The molecule has 0 aliphatic rings. The molecule has 4 nitrogen and oxygen atoms in total. The minimum atomic E-state index is -0.0181. The summed E-state index contributed by atoms with van der Waals surface area (Å²) in [6.07, 6.45) is 2.56. The van der Waals surface area contributed by atoms with Gasteiger partial charge < -0.3 is 0 Å². The standard InChI is InChI=1S/C15H16N4S/c1-10-6-7-17-12(8-10)13(19-16)9-15-18-11-4-2-3-5-14(11)20-15/h2-8,13,19H,9,16H2,1H3. The van der Waals surface area contributed by atoms with Crippen molar-refractivity contribution in [2.45, 2.75) is 19.4 Å². The van der Waals surface area contributed by atoms with Gasteiger partial charge in [0.25, 0.3) is 0 Å². The van der Waals surface area contributed by atoms with Gasteiger partial charge in [-0.25, -0.2) is 4.98 Å². The lowest BCUT2D eigenvalue weighted by atomic mass is 10.1. The zero-order valence-electron chi connectivity index (χ0n) is 11.2. The Kier molecular flexibility index (Phi) is 3.73. The number of para-hydroxylation sites is 1. The Bertz CT molecular complexity index is 689. The van der Waals surface area contributed by atoms with Crippen LogP contribution < -0.4 is 11.3 Å². The molecule has 3 rings (SSSR count). The number of fused-ring (bicyclic) bond motifs is 1. The van der Waals surface area contributed by atoms with E-state index in [9.17, 15) is 0 Å². The van der Waals surface area contributed by atoms with Crippen molar-refractivity contribution in [2.24, 2.45) is 5.84 Å². The van der Waals surface area contributed by atoms with E-state index < -0.39 is 0 Å². The smallest absolute Gasteiger partial charge is 0.0958 e. The number of nitrogens with zero attached hydrogens (tertiary/aromatic N) is 2. The van der Waals surface area contributed by atoms with Crippen LogP contribution in [0.3, 0.4) is 0 Å². The Morgan fingerprint density at radius 1 is 1.30 bits per heavy atom. The number of nitrogens with one attached hydrogen (secondary N) is 1. The summed E-state index contributed by atoms with van der Waals surface area (Å²) in [6, 6.07) is 12.2. The SMILES string of the molecule is Cc1ccnc(C(Cc2nc3ccccc3s2)NN)c1. The molecule has 2 aromatic heterocycles. The predicted molar refractivity (Wildman–Crippen MR) is 82.4 cm³/mol. The van der Waals surface area contributed by atoms with Crippen molar-refractivity contribution in [1.82, 2.24) is 15.4 Å². The molecule has 102 valence electrons. The number of rotatable bonds is 4. The summed E-state index contributed by atoms with van der Waals surface area (Å²) in [5, 5.41) is 1.07. The number of nitrogens with two attached hydrogens (primary N) is 1. The highest BCUT2D eigenvalue weighted by atomic mass is 32.1. The van der Waals surface area contributed by atoms with Gasteiger partial charge in [0.2, 0.25) is 0 Å². The van der Waals surface area contributed by atoms with Crippen LogP contribution in [0.4, 0.5) is 0 Å². The number of hydrazine groups is 1. The molecule has 0 saturated heterocycles. The van der Waals surface area contributed by atoms with E-state index in [0.29, 0.717) is 0 Å². The molecule has 0 aliphatic heterocycles. The summed E-state index contributed by atoms with van der Waals surface area (Å²) < 4.78 is 1.20. The van der Waals surface area contributed by atoms with Crippen LogP contribution in [0.5, 0.6) is 0 Å². The molecule has 0 fully saturated rings. The molecule has 1 atom stereocenters. The highest BCUT2D eigenvalue weighted by molar-refractivity contribution is 7.18. The summed E-state index contributed by atoms with van der Waals surface area (Å²) in [6.45, 7) is 2.05. The van der Waals surface area contributed by atoms with Gasteiger partial charge in [-0.1, -0.05) is 12.1 Å². The molecule has 0 aliphatic carbocycles. The second-order valence-electron chi connectivity index (χ2n) is 4.76. The molecule has 3 N–H and O–H groups in total. The van der Waals surface area contributed by atoms with Crippen LogP contribution in [-0.4, -0.2) is 9.97 Å². The maximum atomic E-state index is 5.68. The first-order chi connectivity index (χ1) is 9.76. The normalized spacial score (nSPS) is 12.7. The van der Waals surface area contributed by atoms with Gasteiger partial charge in [-0.3, -0.25) is 16.3 Å². The van der Waals surface area contributed by atoms with Gasteiger partial charge in [0.1, 0.15) is 0 Å². The largest absolute Gasteiger partial charge is 0.271 e. The lowest BCUT2D eigenvalue weighted by Crippen LogP contribution is -2.30. The van der Waals surface area contributed by atoms with Crippen molar-refractivity contribution in [3.63, 3.8) is 0 Å². The Morgan fingerprint density at radius 2 is 2.15 bits per heavy atom. The van der Waals surface area contributed by atoms with Gasteiger partial charge in [0.15, 0.2) is 0 Å². The van der Waals surface area contributed by atoms with E-state index in [1.165, 1.54) is 10.3 Å². The second kappa shape index (κ2) is 5.66. The van der Waals surface area contributed by atoms with E-state index in [-0.39, 0.29) is 6.04 Å². The van der Waals surface area contributed by atoms with Gasteiger partial charge in [0, 0.05) is 12.6 Å². The van der Waals surface area contributed by atoms with E-state index in [1.807, 2.05) is 30.5 Å². The Labute approximate surface area is 121 Å². The monoisotopic (exact) mass is 284 g/mol. The minimum absolute atomic E-state index is 0.0181. The zero-order valence-corrected chi connectivity index (χ0v) is 12.0. The fraction of sp³-hybridized carbons (Fsp3) is 0.200. The molecule has 20 heavy (non-hydrogen) atoms. The summed E-state index contributed by atoms with van der Waals surface area (Å²) >= 11 is 1.71. The molecule has 1 unspecified atom stereocenters. The number of thiazole rings is 1. The third-order valence-electron chi connectivity index (χ3n) is 3.21. The van der Waals surface area contributed by atoms with Crippen LogP contribution in [0.25, 0.3) is 10.2 Å². The second-order valence-corrected chi connectivity index (χ2v) is 5.87. The molecular formula is C15H16N4S. The van der Waals surface area contributed by atoms with Crippen LogP contribution in [0.2, 0.25) is 0 Å². The average Bonchev–Trinajstić information content (AvgIpc) is 2.87. The van der Waals surface area contributed by atoms with Crippen molar-refractivity contribution in [3.05, 3.63) is 58.9 Å². The number of aryl methyl sites for hydroxylation is 1. The topological polar surface area (TPSA) is 63.8 Å². The molecular weight excluding hydrogens is 268 g/mol. The van der Waals surface area contributed by atoms with Crippen molar-refractivity contribution < 1.29 is 0 Å². The van der Waals surface area contributed by atoms with E-state index >= 15 is 0 Å². The van der Waals surface area contributed by atoms with Crippen molar-refractivity contribution in [1.29, 1.82) is 0 Å². The average molecular weight is 284 g/mol. The first kappa shape index (κ1) is 13.2.